The lowest BCUT2D eigenvalue weighted by atomic mass is 9.78. The molecule has 2 atom stereocenters. The molecule has 1 amide bonds. The first kappa shape index (κ1) is 10.8. The number of carbonyl (C=O) groups excluding carboxylic acids is 2. The van der Waals surface area contributed by atoms with E-state index in [0.717, 1.165) is 11.3 Å². The van der Waals surface area contributed by atoms with Gasteiger partial charge in [0.2, 0.25) is 5.91 Å². The molecule has 16 heavy (non-hydrogen) atoms. The van der Waals surface area contributed by atoms with Crippen LogP contribution in [0.4, 0.5) is 5.69 Å². The zero-order valence-corrected chi connectivity index (χ0v) is 9.07. The smallest absolute Gasteiger partial charge is 0.234 e. The van der Waals surface area contributed by atoms with E-state index in [-0.39, 0.29) is 5.91 Å². The van der Waals surface area contributed by atoms with Crippen LogP contribution in [0.1, 0.15) is 18.9 Å². The standard InChI is InChI=1S/C12H14N2O2/c1-12(6-8(13)7-15)9-4-2-3-5-10(9)14-11(12)16/h2-5,7-8H,6,13H2,1H3,(H,14,16)/t8?,12-/m1/s1. The molecular formula is C12H14N2O2. The summed E-state index contributed by atoms with van der Waals surface area (Å²) >= 11 is 0. The van der Waals surface area contributed by atoms with Gasteiger partial charge in [-0.05, 0) is 25.0 Å². The largest absolute Gasteiger partial charge is 0.325 e. The van der Waals surface area contributed by atoms with E-state index in [0.29, 0.717) is 12.7 Å². The number of para-hydroxylation sites is 1. The van der Waals surface area contributed by atoms with Crippen molar-refractivity contribution in [3.8, 4) is 0 Å². The Morgan fingerprint density at radius 2 is 2.19 bits per heavy atom. The van der Waals surface area contributed by atoms with Crippen LogP contribution in [0.5, 0.6) is 0 Å². The third kappa shape index (κ3) is 1.51. The van der Waals surface area contributed by atoms with Crippen molar-refractivity contribution in [3.63, 3.8) is 0 Å². The molecule has 0 fully saturated rings. The van der Waals surface area contributed by atoms with Gasteiger partial charge in [0.1, 0.15) is 6.29 Å². The second kappa shape index (κ2) is 3.72. The number of hydrogen-bond donors (Lipinski definition) is 2. The van der Waals surface area contributed by atoms with Crippen molar-refractivity contribution >= 4 is 17.9 Å². The van der Waals surface area contributed by atoms with Gasteiger partial charge in [-0.1, -0.05) is 18.2 Å². The molecule has 1 aliphatic rings. The molecule has 0 aromatic heterocycles. The Balaban J connectivity index is 2.40. The molecule has 1 aromatic rings. The molecule has 0 aliphatic carbocycles. The van der Waals surface area contributed by atoms with E-state index in [1.165, 1.54) is 0 Å². The number of benzene rings is 1. The van der Waals surface area contributed by atoms with Crippen LogP contribution in [0.15, 0.2) is 24.3 Å². The van der Waals surface area contributed by atoms with Gasteiger partial charge in [-0.25, -0.2) is 0 Å². The molecule has 84 valence electrons. The van der Waals surface area contributed by atoms with Gasteiger partial charge in [0.25, 0.3) is 0 Å². The number of carbonyl (C=O) groups is 2. The molecule has 0 radical (unpaired) electrons. The van der Waals surface area contributed by atoms with Gasteiger partial charge in [-0.3, -0.25) is 4.79 Å². The van der Waals surface area contributed by atoms with Crippen molar-refractivity contribution in [2.75, 3.05) is 5.32 Å². The Kier molecular flexibility index (Phi) is 2.52. The molecule has 4 nitrogen and oxygen atoms in total. The zero-order chi connectivity index (χ0) is 11.8. The van der Waals surface area contributed by atoms with E-state index >= 15 is 0 Å². The van der Waals surface area contributed by atoms with Gasteiger partial charge in [0.05, 0.1) is 11.5 Å². The van der Waals surface area contributed by atoms with E-state index in [9.17, 15) is 9.59 Å². The molecule has 1 aromatic carbocycles. The second-order valence-electron chi connectivity index (χ2n) is 4.34. The third-order valence-corrected chi connectivity index (χ3v) is 3.09. The summed E-state index contributed by atoms with van der Waals surface area (Å²) in [6.45, 7) is 1.82. The summed E-state index contributed by atoms with van der Waals surface area (Å²) in [5.74, 6) is -0.0917. The van der Waals surface area contributed by atoms with Crippen LogP contribution in [0.2, 0.25) is 0 Å². The Morgan fingerprint density at radius 1 is 1.50 bits per heavy atom. The maximum Gasteiger partial charge on any atom is 0.234 e. The first-order valence-electron chi connectivity index (χ1n) is 5.20. The minimum Gasteiger partial charge on any atom is -0.325 e. The van der Waals surface area contributed by atoms with Gasteiger partial charge in [0.15, 0.2) is 0 Å². The number of anilines is 1. The zero-order valence-electron chi connectivity index (χ0n) is 9.07. The van der Waals surface area contributed by atoms with Crippen LogP contribution >= 0.6 is 0 Å². The van der Waals surface area contributed by atoms with Crippen molar-refractivity contribution in [2.24, 2.45) is 5.73 Å². The number of rotatable bonds is 3. The van der Waals surface area contributed by atoms with Crippen molar-refractivity contribution in [1.82, 2.24) is 0 Å². The first-order chi connectivity index (χ1) is 7.58. The lowest BCUT2D eigenvalue weighted by Gasteiger charge is -2.23. The highest BCUT2D eigenvalue weighted by atomic mass is 16.2. The molecule has 0 saturated heterocycles. The normalized spacial score (nSPS) is 24.8. The van der Waals surface area contributed by atoms with Gasteiger partial charge < -0.3 is 15.8 Å². The number of aldehydes is 1. The average molecular weight is 218 g/mol. The Morgan fingerprint density at radius 3 is 2.88 bits per heavy atom. The number of amides is 1. The Labute approximate surface area is 93.8 Å². The number of fused-ring (bicyclic) bond motifs is 1. The van der Waals surface area contributed by atoms with Crippen LogP contribution in [0.25, 0.3) is 0 Å². The van der Waals surface area contributed by atoms with Crippen LogP contribution in [-0.2, 0) is 15.0 Å². The van der Waals surface area contributed by atoms with Crippen LogP contribution in [0, 0.1) is 0 Å². The fourth-order valence-corrected chi connectivity index (χ4v) is 2.18. The fraction of sp³-hybridized carbons (Fsp3) is 0.333. The third-order valence-electron chi connectivity index (χ3n) is 3.09. The molecule has 1 heterocycles. The molecule has 2 rings (SSSR count). The predicted octanol–water partition coefficient (Wildman–Crippen LogP) is 0.813. The Bertz CT molecular complexity index is 444. The summed E-state index contributed by atoms with van der Waals surface area (Å²) in [6, 6.07) is 6.88. The summed E-state index contributed by atoms with van der Waals surface area (Å²) in [7, 11) is 0. The van der Waals surface area contributed by atoms with E-state index in [1.54, 1.807) is 0 Å². The molecule has 0 saturated carbocycles. The van der Waals surface area contributed by atoms with E-state index in [4.69, 9.17) is 5.73 Å². The lowest BCUT2D eigenvalue weighted by Crippen LogP contribution is -2.38. The summed E-state index contributed by atoms with van der Waals surface area (Å²) in [6.07, 6.45) is 1.01. The van der Waals surface area contributed by atoms with Crippen molar-refractivity contribution in [3.05, 3.63) is 29.8 Å². The van der Waals surface area contributed by atoms with Crippen molar-refractivity contribution < 1.29 is 9.59 Å². The summed E-state index contributed by atoms with van der Waals surface area (Å²) in [5, 5.41) is 2.81. The maximum absolute atomic E-state index is 11.9. The molecule has 0 spiro atoms. The topological polar surface area (TPSA) is 72.2 Å². The van der Waals surface area contributed by atoms with Crippen LogP contribution in [-0.4, -0.2) is 18.2 Å². The van der Waals surface area contributed by atoms with E-state index in [2.05, 4.69) is 5.32 Å². The van der Waals surface area contributed by atoms with Crippen molar-refractivity contribution in [1.29, 1.82) is 0 Å². The number of hydrogen-bond acceptors (Lipinski definition) is 3. The van der Waals surface area contributed by atoms with Crippen LogP contribution in [0.3, 0.4) is 0 Å². The van der Waals surface area contributed by atoms with E-state index in [1.807, 2.05) is 31.2 Å². The first-order valence-corrected chi connectivity index (χ1v) is 5.20. The summed E-state index contributed by atoms with van der Waals surface area (Å²) in [4.78, 5) is 22.5. The average Bonchev–Trinajstić information content (AvgIpc) is 2.52. The quantitative estimate of drug-likeness (QED) is 0.737. The maximum atomic E-state index is 11.9. The monoisotopic (exact) mass is 218 g/mol. The minimum atomic E-state index is -0.698. The number of nitrogens with two attached hydrogens (primary N) is 1. The highest BCUT2D eigenvalue weighted by molar-refractivity contribution is 6.06. The fourth-order valence-electron chi connectivity index (χ4n) is 2.18. The lowest BCUT2D eigenvalue weighted by molar-refractivity contribution is -0.120. The van der Waals surface area contributed by atoms with Crippen molar-refractivity contribution in [2.45, 2.75) is 24.8 Å². The molecular weight excluding hydrogens is 204 g/mol. The summed E-state index contributed by atoms with van der Waals surface area (Å²) in [5.41, 5.74) is 6.64. The molecule has 0 bridgehead atoms. The van der Waals surface area contributed by atoms with E-state index < -0.39 is 11.5 Å². The molecule has 1 unspecified atom stereocenters. The van der Waals surface area contributed by atoms with Gasteiger partial charge >= 0.3 is 0 Å². The number of nitrogens with one attached hydrogen (secondary N) is 1. The minimum absolute atomic E-state index is 0.0917. The molecule has 3 N–H and O–H groups in total. The summed E-state index contributed by atoms with van der Waals surface area (Å²) < 4.78 is 0. The van der Waals surface area contributed by atoms with Gasteiger partial charge in [0, 0.05) is 5.69 Å². The highest BCUT2D eigenvalue weighted by Crippen LogP contribution is 2.40. The Hall–Kier alpha value is -1.68. The highest BCUT2D eigenvalue weighted by Gasteiger charge is 2.43. The van der Waals surface area contributed by atoms with Gasteiger partial charge in [-0.2, -0.15) is 0 Å². The molecule has 1 aliphatic heterocycles. The predicted molar refractivity (Wildman–Crippen MR) is 61.1 cm³/mol. The van der Waals surface area contributed by atoms with Gasteiger partial charge in [-0.15, -0.1) is 0 Å². The second-order valence-corrected chi connectivity index (χ2v) is 4.34. The molecule has 4 heteroatoms. The SMILES string of the molecule is C[C@]1(CC(N)C=O)C(=O)Nc2ccccc21. The van der Waals surface area contributed by atoms with Crippen LogP contribution < -0.4 is 11.1 Å².